The van der Waals surface area contributed by atoms with Gasteiger partial charge in [-0.1, -0.05) is 17.5 Å². The molecule has 0 amide bonds. The van der Waals surface area contributed by atoms with Crippen molar-refractivity contribution in [1.29, 1.82) is 0 Å². The van der Waals surface area contributed by atoms with Gasteiger partial charge in [-0.05, 0) is 11.8 Å². The van der Waals surface area contributed by atoms with Crippen molar-refractivity contribution in [1.82, 2.24) is 44.5 Å². The Hall–Kier alpha value is -2.76. The van der Waals surface area contributed by atoms with E-state index >= 15 is 8.78 Å². The van der Waals surface area contributed by atoms with Gasteiger partial charge in [0.15, 0.2) is 40.8 Å². The molecule has 7 rings (SSSR count). The Labute approximate surface area is 257 Å². The van der Waals surface area contributed by atoms with Crippen LogP contribution >= 0.6 is 25.8 Å². The number of fused-ring (bicyclic) bond motifs is 5. The number of nitrogens with zero attached hydrogens (tertiary/aromatic N) is 7. The molecule has 0 spiro atoms. The van der Waals surface area contributed by atoms with Crippen LogP contribution in [0.2, 0.25) is 0 Å². The van der Waals surface area contributed by atoms with E-state index in [1.165, 1.54) is 0 Å². The van der Waals surface area contributed by atoms with Gasteiger partial charge in [0.1, 0.15) is 31.2 Å². The van der Waals surface area contributed by atoms with Crippen molar-refractivity contribution in [2.24, 2.45) is 0 Å². The summed E-state index contributed by atoms with van der Waals surface area (Å²) in [6.45, 7) is -11.3. The number of nitrogens with two attached hydrogens (primary N) is 1. The lowest BCUT2D eigenvalue weighted by molar-refractivity contribution is -0.0649. The Morgan fingerprint density at radius 2 is 1.93 bits per heavy atom. The summed E-state index contributed by atoms with van der Waals surface area (Å²) in [6.07, 6.45) is -8.40. The molecule has 0 aliphatic carbocycles. The number of alkyl halides is 2. The highest BCUT2D eigenvalue weighted by Crippen LogP contribution is 2.59. The Morgan fingerprint density at radius 3 is 2.73 bits per heavy atom. The summed E-state index contributed by atoms with van der Waals surface area (Å²) in [4.78, 5) is 51.8. The van der Waals surface area contributed by atoms with Gasteiger partial charge in [-0.25, -0.2) is 23.3 Å². The molecule has 4 aromatic rings. The molecule has 45 heavy (non-hydrogen) atoms. The molecule has 5 N–H and O–H groups in total. The number of imidazole rings is 1. The monoisotopic (exact) mass is 712 g/mol. The summed E-state index contributed by atoms with van der Waals surface area (Å²) < 4.78 is 80.9. The Bertz CT molecular complexity index is 2030. The Morgan fingerprint density at radius 1 is 1.16 bits per heavy atom. The Balaban J connectivity index is 1.23. The molecule has 7 heterocycles. The summed E-state index contributed by atoms with van der Waals surface area (Å²) in [5.74, 6) is -3.03. The van der Waals surface area contributed by atoms with Crippen LogP contribution in [0.5, 0.6) is 0 Å². The van der Waals surface area contributed by atoms with Crippen molar-refractivity contribution in [2.75, 3.05) is 25.6 Å². The summed E-state index contributed by atoms with van der Waals surface area (Å²) in [5, 5.41) is 7.51. The van der Waals surface area contributed by atoms with Crippen LogP contribution in [0.1, 0.15) is 6.23 Å². The third kappa shape index (κ3) is 5.32. The van der Waals surface area contributed by atoms with E-state index in [0.717, 1.165) is 21.9 Å². The first kappa shape index (κ1) is 30.9. The second-order valence-corrected chi connectivity index (χ2v) is 15.6. The number of aromatic nitrogens is 9. The van der Waals surface area contributed by atoms with Crippen LogP contribution in [-0.4, -0.2) is 99.8 Å². The second kappa shape index (κ2) is 10.9. The Kier molecular flexibility index (Phi) is 7.48. The maximum Gasteiger partial charge on any atom is 0.386 e. The van der Waals surface area contributed by atoms with E-state index in [4.69, 9.17) is 45.1 Å². The number of anilines is 1. The standard InChI is InChI=1S/C19H20F2N10O10P2S2/c20-8-6-1-37-43(35,45)41-12-7(36-3-19(12,21)30-5-25-9-13(30)23-4-24-15(9)32)2-38-42(34,44)40-11(8)17(39-6)31-14-10(28-29-31)16(33)27-18(22)26-14/h4-8,11-12,17H,1-3H2,(H,34,44)(H,35,45)(H,23,24,32)(H3,22,26,27,33)/t6-,7-,8+,11-,12-,17?,19-,42?,43?/m1/s1. The second-order valence-electron chi connectivity index (χ2n) is 9.98. The van der Waals surface area contributed by atoms with Crippen molar-refractivity contribution in [3.63, 3.8) is 0 Å². The molecule has 26 heteroatoms. The quantitative estimate of drug-likeness (QED) is 0.130. The first-order chi connectivity index (χ1) is 21.3. The molecule has 20 nitrogen and oxygen atoms in total. The zero-order valence-electron chi connectivity index (χ0n) is 22.1. The van der Waals surface area contributed by atoms with Crippen LogP contribution < -0.4 is 16.9 Å². The zero-order chi connectivity index (χ0) is 31.9. The first-order valence-corrected chi connectivity index (χ1v) is 18.0. The van der Waals surface area contributed by atoms with Gasteiger partial charge < -0.3 is 29.6 Å². The lowest BCUT2D eigenvalue weighted by Crippen LogP contribution is -2.45. The highest BCUT2D eigenvalue weighted by molar-refractivity contribution is 8.44. The normalized spacial score (nSPS) is 37.7. The largest absolute Gasteiger partial charge is 0.386 e. The fourth-order valence-corrected chi connectivity index (χ4v) is 8.04. The van der Waals surface area contributed by atoms with E-state index in [0.29, 0.717) is 0 Å². The smallest absolute Gasteiger partial charge is 0.369 e. The van der Waals surface area contributed by atoms with Crippen LogP contribution in [0.3, 0.4) is 0 Å². The zero-order valence-corrected chi connectivity index (χ0v) is 25.6. The molecule has 242 valence electrons. The van der Waals surface area contributed by atoms with Gasteiger partial charge in [0.05, 0.1) is 19.5 Å². The molecule has 3 unspecified atom stereocenters. The lowest BCUT2D eigenvalue weighted by Gasteiger charge is -2.32. The summed E-state index contributed by atoms with van der Waals surface area (Å²) >= 11 is 9.08. The molecular formula is C19H20F2N10O10P2S2. The number of hydrogen-bond donors (Lipinski definition) is 5. The minimum absolute atomic E-state index is 0.191. The molecule has 3 aliphatic rings. The molecular weight excluding hydrogens is 692 g/mol. The van der Waals surface area contributed by atoms with E-state index in [2.05, 4.69) is 47.5 Å². The SMILES string of the molecule is Nc1nc2c(nnn2C2O[C@@H]3COP(O)(=S)O[C@@H]4[C@@H](COP(=O)(S)O[C@@H]2[C@H]3F)OC[C@@]4(F)n2cnc3c(=O)[nH]cnc32)c(=O)[nH]1. The van der Waals surface area contributed by atoms with E-state index in [1.807, 2.05) is 0 Å². The van der Waals surface area contributed by atoms with Crippen LogP contribution in [0.4, 0.5) is 14.7 Å². The summed E-state index contributed by atoms with van der Waals surface area (Å²) in [5.41, 5.74) is 3.35. The van der Waals surface area contributed by atoms with Gasteiger partial charge in [0.2, 0.25) is 11.7 Å². The maximum atomic E-state index is 16.8. The predicted octanol–water partition coefficient (Wildman–Crippen LogP) is -0.442. The third-order valence-electron chi connectivity index (χ3n) is 7.18. The van der Waals surface area contributed by atoms with Gasteiger partial charge in [0.25, 0.3) is 11.1 Å². The minimum Gasteiger partial charge on any atom is -0.369 e. The topological polar surface area (TPSA) is 259 Å². The third-order valence-corrected chi connectivity index (χ3v) is 10.3. The molecule has 9 atom stereocenters. The highest BCUT2D eigenvalue weighted by Gasteiger charge is 2.58. The highest BCUT2D eigenvalue weighted by atomic mass is 32.7. The van der Waals surface area contributed by atoms with Crippen molar-refractivity contribution >= 4 is 65.8 Å². The van der Waals surface area contributed by atoms with Crippen molar-refractivity contribution < 1.29 is 45.8 Å². The number of nitrogen functional groups attached to an aromatic ring is 1. The van der Waals surface area contributed by atoms with Gasteiger partial charge >= 0.3 is 13.5 Å². The lowest BCUT2D eigenvalue weighted by atomic mass is 10.1. The predicted molar refractivity (Wildman–Crippen MR) is 151 cm³/mol. The maximum absolute atomic E-state index is 16.8. The fourth-order valence-electron chi connectivity index (χ4n) is 5.15. The average molecular weight is 713 g/mol. The molecule has 0 aromatic carbocycles. The van der Waals surface area contributed by atoms with Gasteiger partial charge in [-0.15, -0.1) is 5.10 Å². The van der Waals surface area contributed by atoms with Crippen LogP contribution in [0.15, 0.2) is 22.2 Å². The minimum atomic E-state index is -4.54. The van der Waals surface area contributed by atoms with Crippen LogP contribution in [0, 0.1) is 0 Å². The molecule has 2 bridgehead atoms. The number of ether oxygens (including phenoxy) is 2. The van der Waals surface area contributed by atoms with Gasteiger partial charge in [-0.2, -0.15) is 9.67 Å². The van der Waals surface area contributed by atoms with Gasteiger partial charge in [0, 0.05) is 0 Å². The molecule has 0 saturated carbocycles. The molecule has 0 radical (unpaired) electrons. The van der Waals surface area contributed by atoms with E-state index in [9.17, 15) is 19.0 Å². The van der Waals surface area contributed by atoms with E-state index in [1.54, 1.807) is 0 Å². The van der Waals surface area contributed by atoms with Crippen LogP contribution in [0.25, 0.3) is 22.3 Å². The number of H-pyrrole nitrogens is 2. The van der Waals surface area contributed by atoms with E-state index < -0.39 is 87.1 Å². The number of rotatable bonds is 2. The number of aromatic amines is 2. The number of hydrogen-bond acceptors (Lipinski definition) is 16. The van der Waals surface area contributed by atoms with Gasteiger partial charge in [-0.3, -0.25) is 32.7 Å². The van der Waals surface area contributed by atoms with E-state index in [-0.39, 0.29) is 28.3 Å². The molecule has 3 aliphatic heterocycles. The van der Waals surface area contributed by atoms with Crippen LogP contribution in [-0.2, 0) is 49.7 Å². The fraction of sp³-hybridized carbons (Fsp3) is 0.526. The molecule has 3 fully saturated rings. The average Bonchev–Trinajstić information content (AvgIpc) is 3.73. The number of thiol groups is 1. The summed E-state index contributed by atoms with van der Waals surface area (Å²) in [6, 6.07) is 0. The van der Waals surface area contributed by atoms with Crippen molar-refractivity contribution in [3.8, 4) is 0 Å². The first-order valence-electron chi connectivity index (χ1n) is 12.7. The van der Waals surface area contributed by atoms with Crippen molar-refractivity contribution in [3.05, 3.63) is 33.4 Å². The molecule has 4 aromatic heterocycles. The van der Waals surface area contributed by atoms with Crippen molar-refractivity contribution in [2.45, 2.75) is 42.6 Å². The molecule has 3 saturated heterocycles. The number of halogens is 2. The summed E-state index contributed by atoms with van der Waals surface area (Å²) in [7, 11) is 0. The number of nitrogens with one attached hydrogen (secondary N) is 2.